The van der Waals surface area contributed by atoms with Crippen LogP contribution in [0.5, 0.6) is 5.75 Å². The van der Waals surface area contributed by atoms with Crippen LogP contribution in [-0.4, -0.2) is 42.5 Å². The number of fused-ring (bicyclic) bond motifs is 1. The van der Waals surface area contributed by atoms with Gasteiger partial charge in [-0.2, -0.15) is 0 Å². The third-order valence-electron chi connectivity index (χ3n) is 4.12. The Kier molecular flexibility index (Phi) is 5.43. The van der Waals surface area contributed by atoms with E-state index in [-0.39, 0.29) is 5.91 Å². The Bertz CT molecular complexity index is 675. The second kappa shape index (κ2) is 7.93. The molecule has 126 valence electrons. The molecular weight excluding hydrogens is 302 g/mol. The van der Waals surface area contributed by atoms with E-state index in [0.29, 0.717) is 32.2 Å². The Balaban J connectivity index is 1.41. The number of benzene rings is 1. The first-order chi connectivity index (χ1) is 11.7. The predicted molar refractivity (Wildman–Crippen MR) is 92.7 cm³/mol. The fourth-order valence-corrected chi connectivity index (χ4v) is 2.91. The van der Waals surface area contributed by atoms with E-state index in [1.54, 1.807) is 6.20 Å². The minimum Gasteiger partial charge on any atom is -0.493 e. The molecule has 0 bridgehead atoms. The number of rotatable bonds is 6. The van der Waals surface area contributed by atoms with Crippen molar-refractivity contribution in [2.24, 2.45) is 5.92 Å². The first kappa shape index (κ1) is 16.5. The highest BCUT2D eigenvalue weighted by atomic mass is 16.5. The van der Waals surface area contributed by atoms with Crippen molar-refractivity contribution in [1.29, 1.82) is 0 Å². The average molecular weight is 325 g/mol. The zero-order valence-corrected chi connectivity index (χ0v) is 13.9. The van der Waals surface area contributed by atoms with Gasteiger partial charge in [-0.25, -0.2) is 0 Å². The summed E-state index contributed by atoms with van der Waals surface area (Å²) in [6, 6.07) is 13.9. The van der Waals surface area contributed by atoms with Crippen LogP contribution in [0.15, 0.2) is 48.7 Å². The largest absolute Gasteiger partial charge is 0.493 e. The van der Waals surface area contributed by atoms with Gasteiger partial charge in [-0.1, -0.05) is 24.3 Å². The van der Waals surface area contributed by atoms with Crippen LogP contribution in [0.25, 0.3) is 0 Å². The number of hydrogen-bond donors (Lipinski definition) is 1. The van der Waals surface area contributed by atoms with E-state index in [1.165, 1.54) is 5.56 Å². The Morgan fingerprint density at radius 2 is 2.12 bits per heavy atom. The number of ether oxygens (including phenoxy) is 1. The fourth-order valence-electron chi connectivity index (χ4n) is 2.91. The number of amides is 1. The van der Waals surface area contributed by atoms with Gasteiger partial charge in [0.2, 0.25) is 5.91 Å². The summed E-state index contributed by atoms with van der Waals surface area (Å²) in [4.78, 5) is 18.4. The Labute approximate surface area is 142 Å². The first-order valence-corrected chi connectivity index (χ1v) is 8.26. The van der Waals surface area contributed by atoms with Crippen LogP contribution in [-0.2, 0) is 17.8 Å². The van der Waals surface area contributed by atoms with Crippen molar-refractivity contribution >= 4 is 5.91 Å². The van der Waals surface area contributed by atoms with Crippen molar-refractivity contribution in [1.82, 2.24) is 15.2 Å². The minimum atomic E-state index is 0.0345. The number of pyridine rings is 1. The van der Waals surface area contributed by atoms with Gasteiger partial charge in [0.15, 0.2) is 0 Å². The molecule has 2 aromatic rings. The Morgan fingerprint density at radius 3 is 2.96 bits per heavy atom. The fraction of sp³-hybridized carbons (Fsp3) is 0.368. The van der Waals surface area contributed by atoms with Gasteiger partial charge < -0.3 is 10.1 Å². The number of nitrogens with zero attached hydrogens (tertiary/aromatic N) is 2. The summed E-state index contributed by atoms with van der Waals surface area (Å²) in [5, 5.41) is 3.02. The maximum Gasteiger partial charge on any atom is 0.234 e. The van der Waals surface area contributed by atoms with E-state index in [2.05, 4.69) is 16.4 Å². The average Bonchev–Trinajstić information content (AvgIpc) is 2.60. The van der Waals surface area contributed by atoms with E-state index in [0.717, 1.165) is 17.9 Å². The molecule has 1 atom stereocenters. The molecule has 0 radical (unpaired) electrons. The molecule has 0 fully saturated rings. The second-order valence-electron chi connectivity index (χ2n) is 6.29. The van der Waals surface area contributed by atoms with Crippen molar-refractivity contribution in [2.45, 2.75) is 13.0 Å². The summed E-state index contributed by atoms with van der Waals surface area (Å²) in [6.07, 6.45) is 2.71. The standard InChI is InChI=1S/C19H23N3O2/c1-22(12-17-7-4-5-9-20-17)13-19(23)21-11-15-10-16-6-2-3-8-18(16)24-14-15/h2-9,15H,10-14H2,1H3,(H,21,23). The van der Waals surface area contributed by atoms with Crippen molar-refractivity contribution < 1.29 is 9.53 Å². The van der Waals surface area contributed by atoms with Gasteiger partial charge >= 0.3 is 0 Å². The number of carbonyl (C=O) groups excluding carboxylic acids is 1. The molecule has 5 heteroatoms. The van der Waals surface area contributed by atoms with Gasteiger partial charge in [0.1, 0.15) is 5.75 Å². The van der Waals surface area contributed by atoms with Gasteiger partial charge in [0.05, 0.1) is 18.8 Å². The molecule has 5 nitrogen and oxygen atoms in total. The summed E-state index contributed by atoms with van der Waals surface area (Å²) in [5.41, 5.74) is 2.18. The lowest BCUT2D eigenvalue weighted by Crippen LogP contribution is -2.39. The lowest BCUT2D eigenvalue weighted by molar-refractivity contribution is -0.122. The molecule has 0 aliphatic carbocycles. The van der Waals surface area contributed by atoms with Crippen LogP contribution in [0.4, 0.5) is 0 Å². The van der Waals surface area contributed by atoms with Crippen molar-refractivity contribution in [3.63, 3.8) is 0 Å². The van der Waals surface area contributed by atoms with Gasteiger partial charge in [0.25, 0.3) is 0 Å². The molecule has 0 spiro atoms. The van der Waals surface area contributed by atoms with Crippen LogP contribution in [0.2, 0.25) is 0 Å². The minimum absolute atomic E-state index is 0.0345. The normalized spacial score (nSPS) is 16.3. The van der Waals surface area contributed by atoms with E-state index in [9.17, 15) is 4.79 Å². The van der Waals surface area contributed by atoms with Crippen molar-refractivity contribution in [3.8, 4) is 5.75 Å². The second-order valence-corrected chi connectivity index (χ2v) is 6.29. The van der Waals surface area contributed by atoms with Crippen molar-refractivity contribution in [3.05, 3.63) is 59.9 Å². The number of para-hydroxylation sites is 1. The van der Waals surface area contributed by atoms with Crippen LogP contribution >= 0.6 is 0 Å². The van der Waals surface area contributed by atoms with Crippen LogP contribution < -0.4 is 10.1 Å². The molecule has 1 aromatic heterocycles. The van der Waals surface area contributed by atoms with E-state index in [1.807, 2.05) is 48.3 Å². The lowest BCUT2D eigenvalue weighted by Gasteiger charge is -2.25. The maximum absolute atomic E-state index is 12.1. The molecule has 24 heavy (non-hydrogen) atoms. The molecule has 0 saturated heterocycles. The van der Waals surface area contributed by atoms with Crippen LogP contribution in [0.1, 0.15) is 11.3 Å². The zero-order valence-electron chi connectivity index (χ0n) is 13.9. The molecule has 0 saturated carbocycles. The van der Waals surface area contributed by atoms with Gasteiger partial charge in [-0.15, -0.1) is 0 Å². The van der Waals surface area contributed by atoms with Crippen LogP contribution in [0.3, 0.4) is 0 Å². The predicted octanol–water partition coefficient (Wildman–Crippen LogP) is 1.88. The highest BCUT2D eigenvalue weighted by Gasteiger charge is 2.20. The van der Waals surface area contributed by atoms with Gasteiger partial charge in [-0.05, 0) is 37.2 Å². The van der Waals surface area contributed by atoms with E-state index >= 15 is 0 Å². The summed E-state index contributed by atoms with van der Waals surface area (Å²) in [7, 11) is 1.92. The monoisotopic (exact) mass is 325 g/mol. The van der Waals surface area contributed by atoms with Gasteiger partial charge in [0, 0.05) is 25.2 Å². The Hall–Kier alpha value is -2.40. The maximum atomic E-state index is 12.1. The zero-order chi connectivity index (χ0) is 16.8. The number of likely N-dealkylation sites (N-methyl/N-ethyl adjacent to an activating group) is 1. The molecule has 1 amide bonds. The summed E-state index contributed by atoms with van der Waals surface area (Å²) in [6.45, 7) is 2.32. The summed E-state index contributed by atoms with van der Waals surface area (Å²) < 4.78 is 5.76. The number of nitrogens with one attached hydrogen (secondary N) is 1. The summed E-state index contributed by atoms with van der Waals surface area (Å²) in [5.74, 6) is 1.33. The molecule has 1 aliphatic rings. The molecule has 3 rings (SSSR count). The third-order valence-corrected chi connectivity index (χ3v) is 4.12. The van der Waals surface area contributed by atoms with E-state index < -0.39 is 0 Å². The van der Waals surface area contributed by atoms with Crippen LogP contribution in [0, 0.1) is 5.92 Å². The highest BCUT2D eigenvalue weighted by molar-refractivity contribution is 5.77. The topological polar surface area (TPSA) is 54.5 Å². The Morgan fingerprint density at radius 1 is 1.29 bits per heavy atom. The van der Waals surface area contributed by atoms with E-state index in [4.69, 9.17) is 4.74 Å². The SMILES string of the molecule is CN(CC(=O)NCC1COc2ccccc2C1)Cc1ccccn1. The third kappa shape index (κ3) is 4.55. The van der Waals surface area contributed by atoms with Crippen molar-refractivity contribution in [2.75, 3.05) is 26.7 Å². The quantitative estimate of drug-likeness (QED) is 0.881. The molecule has 1 unspecified atom stereocenters. The number of carbonyl (C=O) groups is 1. The summed E-state index contributed by atoms with van der Waals surface area (Å²) >= 11 is 0. The first-order valence-electron chi connectivity index (χ1n) is 8.26. The molecule has 1 aromatic carbocycles. The highest BCUT2D eigenvalue weighted by Crippen LogP contribution is 2.26. The molecule has 1 aliphatic heterocycles. The molecule has 1 N–H and O–H groups in total. The number of hydrogen-bond acceptors (Lipinski definition) is 4. The number of aromatic nitrogens is 1. The molecular formula is C19H23N3O2. The lowest BCUT2D eigenvalue weighted by atomic mass is 9.97. The smallest absolute Gasteiger partial charge is 0.234 e. The van der Waals surface area contributed by atoms with Gasteiger partial charge in [-0.3, -0.25) is 14.7 Å². The molecule has 2 heterocycles.